The summed E-state index contributed by atoms with van der Waals surface area (Å²) in [5.74, 6) is -0.449. The van der Waals surface area contributed by atoms with E-state index < -0.39 is 10.7 Å². The van der Waals surface area contributed by atoms with Crippen molar-refractivity contribution in [3.63, 3.8) is 0 Å². The van der Waals surface area contributed by atoms with Gasteiger partial charge in [0.25, 0.3) is 0 Å². The highest BCUT2D eigenvalue weighted by molar-refractivity contribution is 6.36. The lowest BCUT2D eigenvalue weighted by Gasteiger charge is -2.34. The zero-order chi connectivity index (χ0) is 30.0. The molecular weight excluding hydrogens is 582 g/mol. The Bertz CT molecular complexity index is 1610. The number of imidazole rings is 1. The Morgan fingerprint density at radius 3 is 2.74 bits per heavy atom. The van der Waals surface area contributed by atoms with Crippen molar-refractivity contribution in [3.8, 4) is 11.1 Å². The van der Waals surface area contributed by atoms with Crippen LogP contribution in [0.4, 0.5) is 16.2 Å². The summed E-state index contributed by atoms with van der Waals surface area (Å²) in [6.07, 6.45) is 11.5. The van der Waals surface area contributed by atoms with Crippen molar-refractivity contribution in [2.24, 2.45) is 0 Å². The highest BCUT2D eigenvalue weighted by Crippen LogP contribution is 2.36. The molecular formula is C29H31Cl2FN8O2. The summed E-state index contributed by atoms with van der Waals surface area (Å²) >= 11 is 12.6. The van der Waals surface area contributed by atoms with Gasteiger partial charge in [-0.2, -0.15) is 5.10 Å². The minimum atomic E-state index is -0.508. The number of anilines is 1. The lowest BCUT2D eigenvalue weighted by atomic mass is 9.92. The van der Waals surface area contributed by atoms with Gasteiger partial charge in [0.05, 0.1) is 23.8 Å². The van der Waals surface area contributed by atoms with Gasteiger partial charge in [0.1, 0.15) is 24.0 Å². The molecule has 2 N–H and O–H groups in total. The van der Waals surface area contributed by atoms with Gasteiger partial charge in [-0.25, -0.2) is 13.9 Å². The van der Waals surface area contributed by atoms with Crippen LogP contribution < -0.4 is 5.73 Å². The van der Waals surface area contributed by atoms with Crippen LogP contribution in [0.25, 0.3) is 11.1 Å². The van der Waals surface area contributed by atoms with Gasteiger partial charge in [-0.15, -0.1) is 0 Å². The molecule has 42 heavy (non-hydrogen) atoms. The molecule has 3 aromatic heterocycles. The summed E-state index contributed by atoms with van der Waals surface area (Å²) in [5, 5.41) is 16.2. The van der Waals surface area contributed by atoms with Crippen LogP contribution in [0.2, 0.25) is 10.0 Å². The zero-order valence-corrected chi connectivity index (χ0v) is 24.6. The molecule has 4 heterocycles. The smallest absolute Gasteiger partial charge is 0.390 e. The van der Waals surface area contributed by atoms with Crippen LogP contribution in [0, 0.1) is 15.9 Å². The van der Waals surface area contributed by atoms with Crippen LogP contribution in [0.5, 0.6) is 0 Å². The maximum atomic E-state index is 14.1. The van der Waals surface area contributed by atoms with Crippen molar-refractivity contribution in [2.75, 3.05) is 18.8 Å². The minimum absolute atomic E-state index is 0.0239. The van der Waals surface area contributed by atoms with E-state index in [1.165, 1.54) is 22.9 Å². The summed E-state index contributed by atoms with van der Waals surface area (Å²) in [4.78, 5) is 21.1. The number of pyridine rings is 1. The molecule has 1 fully saturated rings. The van der Waals surface area contributed by atoms with Gasteiger partial charge in [0.2, 0.25) is 0 Å². The quantitative estimate of drug-likeness (QED) is 0.121. The Balaban J connectivity index is 1.20. The number of aromatic nitrogens is 5. The Kier molecular flexibility index (Phi) is 8.79. The predicted octanol–water partition coefficient (Wildman–Crippen LogP) is 6.67. The molecule has 0 saturated carbocycles. The standard InChI is InChI=1S/C29H31Cl2FN8O2/c1-18(26-24(30)3-4-25(32)27(26)31)13-20-14-21(15-35-28(20)33)22-16-36-39(17-22)23-6-10-37(11-7-23)19(2)5-9-38-12-8-34-29(38)40(41)42/h3-4,8,12,14-18,23H,2,5-7,9-11,13H2,1H3,(H2,33,35). The molecule has 0 bridgehead atoms. The van der Waals surface area contributed by atoms with Crippen molar-refractivity contribution in [1.82, 2.24) is 29.2 Å². The number of nitrogens with two attached hydrogens (primary N) is 1. The molecule has 0 spiro atoms. The molecule has 1 aliphatic rings. The molecule has 5 rings (SSSR count). The van der Waals surface area contributed by atoms with Crippen LogP contribution in [0.1, 0.15) is 49.3 Å². The van der Waals surface area contributed by atoms with Gasteiger partial charge in [-0.1, -0.05) is 41.7 Å². The molecule has 0 aliphatic carbocycles. The number of nitrogen functional groups attached to an aromatic ring is 1. The van der Waals surface area contributed by atoms with Gasteiger partial charge in [0.15, 0.2) is 0 Å². The van der Waals surface area contributed by atoms with Gasteiger partial charge in [-0.05, 0) is 59.4 Å². The maximum Gasteiger partial charge on any atom is 0.434 e. The summed E-state index contributed by atoms with van der Waals surface area (Å²) in [7, 11) is 0. The normalized spacial score (nSPS) is 14.7. The van der Waals surface area contributed by atoms with Gasteiger partial charge in [0, 0.05) is 53.8 Å². The molecule has 10 nitrogen and oxygen atoms in total. The SMILES string of the molecule is C=C(CCn1ccnc1[N+](=O)[O-])N1CCC(n2cc(-c3cnc(N)c(CC(C)c4c(Cl)ccc(F)c4Cl)c3)cn2)CC1. The van der Waals surface area contributed by atoms with E-state index in [9.17, 15) is 14.5 Å². The van der Waals surface area contributed by atoms with Crippen LogP contribution in [-0.2, 0) is 13.0 Å². The number of nitrogens with zero attached hydrogens (tertiary/aromatic N) is 7. The Labute approximate surface area is 252 Å². The molecule has 0 radical (unpaired) electrons. The number of nitro groups is 1. The van der Waals surface area contributed by atoms with Gasteiger partial charge < -0.3 is 20.7 Å². The summed E-state index contributed by atoms with van der Waals surface area (Å²) < 4.78 is 17.6. The number of rotatable bonds is 10. The lowest BCUT2D eigenvalue weighted by molar-refractivity contribution is -0.396. The molecule has 4 aromatic rings. The van der Waals surface area contributed by atoms with E-state index in [0.717, 1.165) is 48.3 Å². The lowest BCUT2D eigenvalue weighted by Crippen LogP contribution is -2.34. The van der Waals surface area contributed by atoms with Crippen molar-refractivity contribution in [2.45, 2.75) is 51.1 Å². The molecule has 0 amide bonds. The molecule has 13 heteroatoms. The zero-order valence-electron chi connectivity index (χ0n) is 23.1. The summed E-state index contributed by atoms with van der Waals surface area (Å²) in [5.41, 5.74) is 10.3. The maximum absolute atomic E-state index is 14.1. The first-order valence-corrected chi connectivity index (χ1v) is 14.4. The average Bonchev–Trinajstić information content (AvgIpc) is 3.66. The second-order valence-electron chi connectivity index (χ2n) is 10.6. The number of piperidine rings is 1. The van der Waals surface area contributed by atoms with E-state index in [4.69, 9.17) is 28.9 Å². The fourth-order valence-electron chi connectivity index (χ4n) is 5.46. The Morgan fingerprint density at radius 2 is 2.00 bits per heavy atom. The fraction of sp³-hybridized carbons (Fsp3) is 0.345. The molecule has 1 aromatic carbocycles. The monoisotopic (exact) mass is 612 g/mol. The minimum Gasteiger partial charge on any atom is -0.390 e. The van der Waals surface area contributed by atoms with Gasteiger partial charge >= 0.3 is 5.95 Å². The van der Waals surface area contributed by atoms with Crippen molar-refractivity contribution >= 4 is 35.0 Å². The predicted molar refractivity (Wildman–Crippen MR) is 161 cm³/mol. The Hall–Kier alpha value is -3.96. The van der Waals surface area contributed by atoms with E-state index in [2.05, 4.69) is 26.5 Å². The summed E-state index contributed by atoms with van der Waals surface area (Å²) in [6.45, 7) is 8.24. The van der Waals surface area contributed by atoms with E-state index in [-0.39, 0.29) is 22.9 Å². The third-order valence-corrected chi connectivity index (χ3v) is 8.53. The number of benzene rings is 1. The van der Waals surface area contributed by atoms with E-state index in [1.54, 1.807) is 12.4 Å². The van der Waals surface area contributed by atoms with Crippen LogP contribution in [-0.4, -0.2) is 47.2 Å². The van der Waals surface area contributed by atoms with Crippen molar-refractivity contribution < 1.29 is 9.31 Å². The van der Waals surface area contributed by atoms with Crippen LogP contribution in [0.3, 0.4) is 0 Å². The van der Waals surface area contributed by atoms with Crippen LogP contribution >= 0.6 is 23.2 Å². The highest BCUT2D eigenvalue weighted by atomic mass is 35.5. The topological polar surface area (TPSA) is 121 Å². The van der Waals surface area contributed by atoms with E-state index in [0.29, 0.717) is 35.8 Å². The highest BCUT2D eigenvalue weighted by Gasteiger charge is 2.24. The molecule has 1 saturated heterocycles. The van der Waals surface area contributed by atoms with E-state index in [1.807, 2.05) is 30.1 Å². The molecule has 1 aliphatic heterocycles. The van der Waals surface area contributed by atoms with Crippen LogP contribution in [0.15, 0.2) is 61.5 Å². The second kappa shape index (κ2) is 12.5. The number of allylic oxidation sites excluding steroid dienone is 1. The average molecular weight is 614 g/mol. The van der Waals surface area contributed by atoms with Crippen molar-refractivity contribution in [3.05, 3.63) is 98.6 Å². The fourth-order valence-corrected chi connectivity index (χ4v) is 6.20. The van der Waals surface area contributed by atoms with E-state index >= 15 is 0 Å². The number of likely N-dealkylation sites (tertiary alicyclic amines) is 1. The first-order chi connectivity index (χ1) is 20.1. The number of hydrogen-bond donors (Lipinski definition) is 1. The largest absolute Gasteiger partial charge is 0.434 e. The number of halogens is 3. The molecule has 1 unspecified atom stereocenters. The third kappa shape index (κ3) is 6.27. The third-order valence-electron chi connectivity index (χ3n) is 7.82. The molecule has 220 valence electrons. The molecule has 1 atom stereocenters. The van der Waals surface area contributed by atoms with Crippen molar-refractivity contribution in [1.29, 1.82) is 0 Å². The first-order valence-electron chi connectivity index (χ1n) is 13.6. The second-order valence-corrected chi connectivity index (χ2v) is 11.3. The number of hydrogen-bond acceptors (Lipinski definition) is 7. The Morgan fingerprint density at radius 1 is 1.24 bits per heavy atom. The first kappa shape index (κ1) is 29.5. The number of aryl methyl sites for hydroxylation is 1. The van der Waals surface area contributed by atoms with Gasteiger partial charge in [-0.3, -0.25) is 4.68 Å². The summed E-state index contributed by atoms with van der Waals surface area (Å²) in [6, 6.07) is 4.99.